The molecule has 0 aromatic carbocycles. The van der Waals surface area contributed by atoms with Crippen molar-refractivity contribution >= 4 is 17.2 Å². The van der Waals surface area contributed by atoms with Gasteiger partial charge in [0, 0.05) is 43.8 Å². The highest BCUT2D eigenvalue weighted by Gasteiger charge is 2.16. The molecule has 5 heterocycles. The van der Waals surface area contributed by atoms with Crippen molar-refractivity contribution in [2.24, 2.45) is 7.05 Å². The Labute approximate surface area is 161 Å². The number of pyridine rings is 1. The summed E-state index contributed by atoms with van der Waals surface area (Å²) in [6, 6.07) is 1.93. The molecule has 0 bridgehead atoms. The number of imidazole rings is 1. The molecule has 9 nitrogen and oxygen atoms in total. The molecule has 9 heteroatoms. The number of hydrogen-bond acceptors (Lipinski definition) is 7. The summed E-state index contributed by atoms with van der Waals surface area (Å²) in [4.78, 5) is 13.3. The van der Waals surface area contributed by atoms with Crippen LogP contribution in [0.5, 0.6) is 5.75 Å². The van der Waals surface area contributed by atoms with Crippen molar-refractivity contribution in [3.8, 4) is 17.0 Å². The van der Waals surface area contributed by atoms with Gasteiger partial charge < -0.3 is 15.4 Å². The quantitative estimate of drug-likeness (QED) is 0.550. The van der Waals surface area contributed by atoms with Gasteiger partial charge in [-0.05, 0) is 13.0 Å². The largest absolute Gasteiger partial charge is 0.487 e. The van der Waals surface area contributed by atoms with Gasteiger partial charge in [-0.1, -0.05) is 0 Å². The first-order chi connectivity index (χ1) is 13.8. The van der Waals surface area contributed by atoms with Crippen molar-refractivity contribution < 1.29 is 4.74 Å². The fourth-order valence-corrected chi connectivity index (χ4v) is 3.38. The Bertz CT molecular complexity index is 1110. The van der Waals surface area contributed by atoms with Crippen molar-refractivity contribution in [3.05, 3.63) is 49.4 Å². The molecule has 1 saturated heterocycles. The van der Waals surface area contributed by atoms with E-state index in [1.165, 1.54) is 0 Å². The first kappa shape index (κ1) is 16.7. The zero-order valence-electron chi connectivity index (χ0n) is 15.4. The molecular formula is C19H20N8O. The number of fused-ring (bicyclic) bond motifs is 1. The van der Waals surface area contributed by atoms with Gasteiger partial charge in [-0.25, -0.2) is 9.97 Å². The second-order valence-corrected chi connectivity index (χ2v) is 6.78. The number of anilines is 2. The molecule has 0 aliphatic carbocycles. The average Bonchev–Trinajstić information content (AvgIpc) is 3.43. The van der Waals surface area contributed by atoms with Crippen LogP contribution in [0.1, 0.15) is 6.42 Å². The van der Waals surface area contributed by atoms with Gasteiger partial charge in [0.25, 0.3) is 0 Å². The van der Waals surface area contributed by atoms with E-state index < -0.39 is 0 Å². The van der Waals surface area contributed by atoms with Crippen molar-refractivity contribution in [2.45, 2.75) is 12.5 Å². The first-order valence-electron chi connectivity index (χ1n) is 9.17. The Morgan fingerprint density at radius 2 is 2.18 bits per heavy atom. The fourth-order valence-electron chi connectivity index (χ4n) is 3.38. The molecule has 142 valence electrons. The molecule has 4 aromatic rings. The number of aromatic nitrogens is 6. The lowest BCUT2D eigenvalue weighted by atomic mass is 10.3. The zero-order valence-corrected chi connectivity index (χ0v) is 15.4. The Hall–Kier alpha value is -3.46. The van der Waals surface area contributed by atoms with Gasteiger partial charge >= 0.3 is 0 Å². The van der Waals surface area contributed by atoms with E-state index in [1.54, 1.807) is 23.3 Å². The van der Waals surface area contributed by atoms with Crippen LogP contribution in [0.4, 0.5) is 11.5 Å². The first-order valence-corrected chi connectivity index (χ1v) is 9.17. The van der Waals surface area contributed by atoms with E-state index in [-0.39, 0.29) is 6.10 Å². The second-order valence-electron chi connectivity index (χ2n) is 6.78. The second kappa shape index (κ2) is 6.93. The summed E-state index contributed by atoms with van der Waals surface area (Å²) in [6.07, 6.45) is 13.9. The maximum Gasteiger partial charge on any atom is 0.180 e. The molecule has 0 spiro atoms. The third-order valence-electron chi connectivity index (χ3n) is 4.72. The molecule has 1 aliphatic heterocycles. The van der Waals surface area contributed by atoms with E-state index in [2.05, 4.69) is 30.7 Å². The SMILES string of the molecule is Cn1cc(-c2cnc3c(Nc4cncc(O[C@@H]5CCNC5)c4)nccn23)cn1. The van der Waals surface area contributed by atoms with Crippen LogP contribution in [0.15, 0.2) is 49.4 Å². The zero-order chi connectivity index (χ0) is 18.9. The van der Waals surface area contributed by atoms with E-state index in [9.17, 15) is 0 Å². The highest BCUT2D eigenvalue weighted by atomic mass is 16.5. The summed E-state index contributed by atoms with van der Waals surface area (Å²) in [7, 11) is 1.89. The number of nitrogens with one attached hydrogen (secondary N) is 2. The van der Waals surface area contributed by atoms with Crippen LogP contribution in [0.25, 0.3) is 16.9 Å². The fraction of sp³-hybridized carbons (Fsp3) is 0.263. The maximum absolute atomic E-state index is 5.99. The van der Waals surface area contributed by atoms with E-state index >= 15 is 0 Å². The van der Waals surface area contributed by atoms with E-state index in [1.807, 2.05) is 42.3 Å². The Morgan fingerprint density at radius 1 is 1.21 bits per heavy atom. The van der Waals surface area contributed by atoms with Gasteiger partial charge in [0.1, 0.15) is 11.9 Å². The maximum atomic E-state index is 5.99. The Balaban J connectivity index is 1.43. The highest BCUT2D eigenvalue weighted by molar-refractivity contribution is 5.73. The highest BCUT2D eigenvalue weighted by Crippen LogP contribution is 2.26. The van der Waals surface area contributed by atoms with Crippen LogP contribution < -0.4 is 15.4 Å². The standard InChI is InChI=1S/C19H20N8O/c1-26-12-13(7-24-26)17-11-23-19-18(22-4-5-27(17)19)25-14-6-16(10-21-8-14)28-15-2-3-20-9-15/h4-8,10-12,15,20H,2-3,9H2,1H3,(H,22,25)/t15-/m1/s1. The molecule has 0 unspecified atom stereocenters. The average molecular weight is 376 g/mol. The molecule has 0 radical (unpaired) electrons. The van der Waals surface area contributed by atoms with Crippen molar-refractivity contribution in [1.82, 2.24) is 34.4 Å². The minimum atomic E-state index is 0.188. The summed E-state index contributed by atoms with van der Waals surface area (Å²) < 4.78 is 9.75. The lowest BCUT2D eigenvalue weighted by Gasteiger charge is -2.13. The minimum absolute atomic E-state index is 0.188. The van der Waals surface area contributed by atoms with Gasteiger partial charge in [0.15, 0.2) is 11.5 Å². The minimum Gasteiger partial charge on any atom is -0.487 e. The molecule has 28 heavy (non-hydrogen) atoms. The van der Waals surface area contributed by atoms with Crippen molar-refractivity contribution in [3.63, 3.8) is 0 Å². The smallest absolute Gasteiger partial charge is 0.180 e. The van der Waals surface area contributed by atoms with Gasteiger partial charge in [-0.15, -0.1) is 0 Å². The van der Waals surface area contributed by atoms with Crippen LogP contribution in [0, 0.1) is 0 Å². The summed E-state index contributed by atoms with van der Waals surface area (Å²) >= 11 is 0. The molecule has 0 saturated carbocycles. The topological polar surface area (TPSA) is 94.2 Å². The normalized spacial score (nSPS) is 16.5. The molecule has 5 rings (SSSR count). The number of ether oxygens (including phenoxy) is 1. The predicted octanol–water partition coefficient (Wildman–Crippen LogP) is 2.01. The molecule has 1 aliphatic rings. The van der Waals surface area contributed by atoms with E-state index in [4.69, 9.17) is 4.74 Å². The summed E-state index contributed by atoms with van der Waals surface area (Å²) in [6.45, 7) is 1.85. The lowest BCUT2D eigenvalue weighted by Crippen LogP contribution is -2.19. The summed E-state index contributed by atoms with van der Waals surface area (Å²) in [5, 5.41) is 10.8. The summed E-state index contributed by atoms with van der Waals surface area (Å²) in [5.74, 6) is 1.39. The number of hydrogen-bond donors (Lipinski definition) is 2. The van der Waals surface area contributed by atoms with Gasteiger partial charge in [-0.2, -0.15) is 5.10 Å². The van der Waals surface area contributed by atoms with Gasteiger partial charge in [0.2, 0.25) is 0 Å². The Morgan fingerprint density at radius 3 is 3.00 bits per heavy atom. The van der Waals surface area contributed by atoms with Crippen molar-refractivity contribution in [1.29, 1.82) is 0 Å². The van der Waals surface area contributed by atoms with Gasteiger partial charge in [0.05, 0.1) is 36.2 Å². The third-order valence-corrected chi connectivity index (χ3v) is 4.72. The van der Waals surface area contributed by atoms with Crippen LogP contribution in [0.2, 0.25) is 0 Å². The van der Waals surface area contributed by atoms with Crippen LogP contribution in [-0.4, -0.2) is 48.3 Å². The molecular weight excluding hydrogens is 356 g/mol. The Kier molecular flexibility index (Phi) is 4.13. The number of nitrogens with zero attached hydrogens (tertiary/aromatic N) is 6. The summed E-state index contributed by atoms with van der Waals surface area (Å²) in [5.41, 5.74) is 3.48. The van der Waals surface area contributed by atoms with Crippen LogP contribution in [-0.2, 0) is 7.05 Å². The molecule has 4 aromatic heterocycles. The molecule has 1 atom stereocenters. The number of aryl methyl sites for hydroxylation is 1. The molecule has 1 fully saturated rings. The lowest BCUT2D eigenvalue weighted by molar-refractivity contribution is 0.222. The van der Waals surface area contributed by atoms with Crippen LogP contribution in [0.3, 0.4) is 0 Å². The van der Waals surface area contributed by atoms with E-state index in [0.29, 0.717) is 5.82 Å². The molecule has 2 N–H and O–H groups in total. The van der Waals surface area contributed by atoms with Gasteiger partial charge in [-0.3, -0.25) is 14.1 Å². The third kappa shape index (κ3) is 3.16. The van der Waals surface area contributed by atoms with E-state index in [0.717, 1.165) is 47.9 Å². The van der Waals surface area contributed by atoms with Crippen LogP contribution >= 0.6 is 0 Å². The molecule has 0 amide bonds. The predicted molar refractivity (Wildman–Crippen MR) is 105 cm³/mol. The van der Waals surface area contributed by atoms with Crippen molar-refractivity contribution in [2.75, 3.05) is 18.4 Å². The number of rotatable bonds is 5. The monoisotopic (exact) mass is 376 g/mol.